The van der Waals surface area contributed by atoms with Gasteiger partial charge in [0.15, 0.2) is 0 Å². The van der Waals surface area contributed by atoms with Gasteiger partial charge in [0.2, 0.25) is 0 Å². The summed E-state index contributed by atoms with van der Waals surface area (Å²) in [5.74, 6) is 0.196. The lowest BCUT2D eigenvalue weighted by molar-refractivity contribution is 0.129. The molecule has 0 aliphatic heterocycles. The van der Waals surface area contributed by atoms with Crippen molar-refractivity contribution < 1.29 is 5.11 Å². The number of hydrogen-bond donors (Lipinski definition) is 2. The molecule has 80 valence electrons. The van der Waals surface area contributed by atoms with E-state index < -0.39 is 6.10 Å². The summed E-state index contributed by atoms with van der Waals surface area (Å²) >= 11 is 12.9. The molecule has 2 unspecified atom stereocenters. The van der Waals surface area contributed by atoms with Gasteiger partial charge >= 0.3 is 0 Å². The second-order valence-corrected chi connectivity index (χ2v) is 5.65. The largest absolute Gasteiger partial charge is 0.386 e. The standard InChI is InChI=1S/C9H13Cl2NOS/c1-4(2)7(12)8(13)9-5(10)3-6(11)14-9/h3-4,7-8,13H,12H2,1-2H3. The van der Waals surface area contributed by atoms with Crippen LogP contribution >= 0.6 is 34.5 Å². The molecule has 1 aromatic rings. The van der Waals surface area contributed by atoms with Crippen LogP contribution in [0.3, 0.4) is 0 Å². The van der Waals surface area contributed by atoms with E-state index in [0.717, 1.165) is 0 Å². The Morgan fingerprint density at radius 1 is 1.43 bits per heavy atom. The first-order valence-electron chi connectivity index (χ1n) is 4.32. The van der Waals surface area contributed by atoms with Gasteiger partial charge in [-0.2, -0.15) is 0 Å². The van der Waals surface area contributed by atoms with Gasteiger partial charge in [0.25, 0.3) is 0 Å². The van der Waals surface area contributed by atoms with E-state index >= 15 is 0 Å². The number of hydrogen-bond acceptors (Lipinski definition) is 3. The van der Waals surface area contributed by atoms with Crippen molar-refractivity contribution in [3.8, 4) is 0 Å². The zero-order valence-corrected chi connectivity index (χ0v) is 10.3. The average molecular weight is 254 g/mol. The molecular formula is C9H13Cl2NOS. The third kappa shape index (κ3) is 2.61. The van der Waals surface area contributed by atoms with Crippen molar-refractivity contribution >= 4 is 34.5 Å². The van der Waals surface area contributed by atoms with Crippen LogP contribution in [0, 0.1) is 5.92 Å². The topological polar surface area (TPSA) is 46.2 Å². The molecule has 1 heterocycles. The van der Waals surface area contributed by atoms with Crippen LogP contribution in [-0.2, 0) is 0 Å². The molecule has 0 aromatic carbocycles. The highest BCUT2D eigenvalue weighted by Gasteiger charge is 2.24. The Morgan fingerprint density at radius 2 is 2.00 bits per heavy atom. The third-order valence-electron chi connectivity index (χ3n) is 2.09. The molecule has 0 saturated heterocycles. The highest BCUT2D eigenvalue weighted by atomic mass is 35.5. The summed E-state index contributed by atoms with van der Waals surface area (Å²) in [6, 6.07) is 1.31. The number of aliphatic hydroxyl groups is 1. The highest BCUT2D eigenvalue weighted by molar-refractivity contribution is 7.16. The molecule has 5 heteroatoms. The van der Waals surface area contributed by atoms with Crippen molar-refractivity contribution in [2.75, 3.05) is 0 Å². The first-order chi connectivity index (χ1) is 6.43. The normalized spacial score (nSPS) is 15.9. The lowest BCUT2D eigenvalue weighted by Gasteiger charge is -2.21. The zero-order valence-electron chi connectivity index (χ0n) is 8.00. The molecule has 2 nitrogen and oxygen atoms in total. The molecule has 1 aromatic heterocycles. The van der Waals surface area contributed by atoms with Crippen LogP contribution in [0.15, 0.2) is 6.07 Å². The smallest absolute Gasteiger partial charge is 0.105 e. The van der Waals surface area contributed by atoms with Gasteiger partial charge in [-0.25, -0.2) is 0 Å². The van der Waals surface area contributed by atoms with Crippen molar-refractivity contribution in [3.05, 3.63) is 20.3 Å². The van der Waals surface area contributed by atoms with Crippen molar-refractivity contribution in [1.29, 1.82) is 0 Å². The Kier molecular flexibility index (Phi) is 4.22. The number of nitrogens with two attached hydrogens (primary N) is 1. The van der Waals surface area contributed by atoms with Crippen LogP contribution in [0.4, 0.5) is 0 Å². The Bertz CT molecular complexity index is 314. The molecule has 0 bridgehead atoms. The fourth-order valence-corrected chi connectivity index (χ4v) is 2.73. The van der Waals surface area contributed by atoms with E-state index in [2.05, 4.69) is 0 Å². The average Bonchev–Trinajstić information content (AvgIpc) is 2.42. The minimum absolute atomic E-state index is 0.196. The Balaban J connectivity index is 2.88. The minimum atomic E-state index is -0.736. The summed E-state index contributed by atoms with van der Waals surface area (Å²) in [6.45, 7) is 3.91. The molecule has 14 heavy (non-hydrogen) atoms. The van der Waals surface area contributed by atoms with Crippen LogP contribution in [0.5, 0.6) is 0 Å². The first-order valence-corrected chi connectivity index (χ1v) is 5.89. The quantitative estimate of drug-likeness (QED) is 0.870. The molecule has 2 atom stereocenters. The van der Waals surface area contributed by atoms with Gasteiger partial charge in [0.05, 0.1) is 14.2 Å². The van der Waals surface area contributed by atoms with Crippen molar-refractivity contribution in [2.45, 2.75) is 26.0 Å². The van der Waals surface area contributed by atoms with Crippen molar-refractivity contribution in [3.63, 3.8) is 0 Å². The SMILES string of the molecule is CC(C)C(N)C(O)c1sc(Cl)cc1Cl. The highest BCUT2D eigenvalue weighted by Crippen LogP contribution is 2.36. The molecule has 0 amide bonds. The molecule has 0 saturated carbocycles. The van der Waals surface area contributed by atoms with Gasteiger partial charge in [0.1, 0.15) is 6.10 Å². The summed E-state index contributed by atoms with van der Waals surface area (Å²) < 4.78 is 0.569. The summed E-state index contributed by atoms with van der Waals surface area (Å²) in [5, 5.41) is 10.4. The van der Waals surface area contributed by atoms with Gasteiger partial charge in [-0.1, -0.05) is 37.0 Å². The molecular weight excluding hydrogens is 241 g/mol. The van der Waals surface area contributed by atoms with E-state index in [-0.39, 0.29) is 12.0 Å². The predicted octanol–water partition coefficient (Wildman–Crippen LogP) is 3.07. The maximum Gasteiger partial charge on any atom is 0.105 e. The van der Waals surface area contributed by atoms with E-state index in [4.69, 9.17) is 28.9 Å². The van der Waals surface area contributed by atoms with Crippen molar-refractivity contribution in [2.24, 2.45) is 11.7 Å². The number of rotatable bonds is 3. The fourth-order valence-electron chi connectivity index (χ4n) is 1.10. The zero-order chi connectivity index (χ0) is 10.9. The van der Waals surface area contributed by atoms with Gasteiger partial charge in [-0.05, 0) is 12.0 Å². The fraction of sp³-hybridized carbons (Fsp3) is 0.556. The van der Waals surface area contributed by atoms with E-state index in [1.165, 1.54) is 11.3 Å². The second kappa shape index (κ2) is 4.81. The monoisotopic (exact) mass is 253 g/mol. The third-order valence-corrected chi connectivity index (χ3v) is 3.85. The van der Waals surface area contributed by atoms with E-state index in [1.54, 1.807) is 6.07 Å². The number of thiophene rings is 1. The molecule has 1 rings (SSSR count). The summed E-state index contributed by atoms with van der Waals surface area (Å²) in [5.41, 5.74) is 5.83. The minimum Gasteiger partial charge on any atom is -0.386 e. The van der Waals surface area contributed by atoms with Crippen molar-refractivity contribution in [1.82, 2.24) is 0 Å². The Hall–Kier alpha value is 0.200. The Morgan fingerprint density at radius 3 is 2.36 bits per heavy atom. The molecule has 0 radical (unpaired) electrons. The van der Waals surface area contributed by atoms with E-state index in [1.807, 2.05) is 13.8 Å². The number of halogens is 2. The summed E-state index contributed by atoms with van der Waals surface area (Å²) in [4.78, 5) is 0.651. The second-order valence-electron chi connectivity index (χ2n) is 3.53. The van der Waals surface area contributed by atoms with Gasteiger partial charge in [-0.15, -0.1) is 11.3 Å². The Labute approximate surface area is 97.6 Å². The molecule has 0 spiro atoms. The van der Waals surface area contributed by atoms with E-state index in [0.29, 0.717) is 14.2 Å². The van der Waals surface area contributed by atoms with E-state index in [9.17, 15) is 5.11 Å². The van der Waals surface area contributed by atoms with Crippen LogP contribution in [0.25, 0.3) is 0 Å². The molecule has 0 fully saturated rings. The van der Waals surface area contributed by atoms with Gasteiger partial charge < -0.3 is 10.8 Å². The first kappa shape index (κ1) is 12.3. The summed E-state index contributed by atoms with van der Waals surface area (Å²) in [7, 11) is 0. The maximum absolute atomic E-state index is 9.90. The lowest BCUT2D eigenvalue weighted by Crippen LogP contribution is -2.33. The molecule has 0 aliphatic rings. The van der Waals surface area contributed by atoms with Crippen LogP contribution in [0.1, 0.15) is 24.8 Å². The predicted molar refractivity (Wildman–Crippen MR) is 62.1 cm³/mol. The van der Waals surface area contributed by atoms with Gasteiger partial charge in [0, 0.05) is 6.04 Å². The number of aliphatic hydroxyl groups excluding tert-OH is 1. The maximum atomic E-state index is 9.90. The summed E-state index contributed by atoms with van der Waals surface area (Å²) in [6.07, 6.45) is -0.736. The lowest BCUT2D eigenvalue weighted by atomic mass is 9.99. The molecule has 0 aliphatic carbocycles. The van der Waals surface area contributed by atoms with Gasteiger partial charge in [-0.3, -0.25) is 0 Å². The van der Waals surface area contributed by atoms with Crippen LogP contribution < -0.4 is 5.73 Å². The van der Waals surface area contributed by atoms with Crippen LogP contribution in [0.2, 0.25) is 9.36 Å². The van der Waals surface area contributed by atoms with Crippen LogP contribution in [-0.4, -0.2) is 11.1 Å². The molecule has 3 N–H and O–H groups in total.